The molecule has 2 amide bonds. The number of carbonyl (C=O) groups excluding carboxylic acids is 3. The number of fused-ring (bicyclic) bond motifs is 2. The van der Waals surface area contributed by atoms with Crippen LogP contribution < -0.4 is 9.64 Å². The maximum Gasteiger partial charge on any atom is 0.313 e. The van der Waals surface area contributed by atoms with Crippen molar-refractivity contribution >= 4 is 23.5 Å². The first-order valence-corrected chi connectivity index (χ1v) is 12.4. The minimum absolute atomic E-state index is 0.222. The maximum absolute atomic E-state index is 14.3. The Bertz CT molecular complexity index is 1120. The van der Waals surface area contributed by atoms with Crippen molar-refractivity contribution in [2.24, 2.45) is 11.8 Å². The molecule has 0 aromatic heterocycles. The van der Waals surface area contributed by atoms with E-state index in [-0.39, 0.29) is 31.6 Å². The number of nitrogens with zero attached hydrogens (tertiary/aromatic N) is 2. The van der Waals surface area contributed by atoms with Crippen molar-refractivity contribution in [3.63, 3.8) is 0 Å². The fourth-order valence-corrected chi connectivity index (χ4v) is 6.22. The predicted octanol–water partition coefficient (Wildman–Crippen LogP) is 1.84. The van der Waals surface area contributed by atoms with E-state index in [1.807, 2.05) is 25.2 Å². The minimum Gasteiger partial charge on any atom is -0.497 e. The summed E-state index contributed by atoms with van der Waals surface area (Å²) < 4.78 is 17.6. The zero-order chi connectivity index (χ0) is 25.7. The number of aliphatic hydroxyl groups is 1. The van der Waals surface area contributed by atoms with Gasteiger partial charge in [0, 0.05) is 12.2 Å². The third kappa shape index (κ3) is 3.40. The highest BCUT2D eigenvalue weighted by Gasteiger charge is 2.75. The largest absolute Gasteiger partial charge is 0.497 e. The Balaban J connectivity index is 1.66. The summed E-state index contributed by atoms with van der Waals surface area (Å²) in [6.45, 7) is 3.75. The summed E-state index contributed by atoms with van der Waals surface area (Å²) in [6.07, 6.45) is 8.38. The number of cyclic esters (lactones) is 1. The van der Waals surface area contributed by atoms with Crippen molar-refractivity contribution in [2.75, 3.05) is 31.8 Å². The van der Waals surface area contributed by atoms with Crippen LogP contribution >= 0.6 is 0 Å². The molecule has 4 aliphatic rings. The van der Waals surface area contributed by atoms with Gasteiger partial charge in [-0.1, -0.05) is 31.2 Å². The van der Waals surface area contributed by atoms with Crippen molar-refractivity contribution in [3.05, 3.63) is 48.6 Å². The Kier molecular flexibility index (Phi) is 6.16. The molecule has 4 heterocycles. The van der Waals surface area contributed by atoms with Gasteiger partial charge in [-0.15, -0.1) is 0 Å². The van der Waals surface area contributed by atoms with Crippen LogP contribution in [0.4, 0.5) is 5.69 Å². The summed E-state index contributed by atoms with van der Waals surface area (Å²) in [5, 5.41) is 10.0. The number of esters is 1. The first-order valence-electron chi connectivity index (χ1n) is 12.4. The Labute approximate surface area is 210 Å². The highest BCUT2D eigenvalue weighted by atomic mass is 16.6. The van der Waals surface area contributed by atoms with Crippen LogP contribution in [0.2, 0.25) is 0 Å². The van der Waals surface area contributed by atoms with Crippen molar-refractivity contribution in [2.45, 2.75) is 50.0 Å². The molecular weight excluding hydrogens is 464 g/mol. The van der Waals surface area contributed by atoms with E-state index in [0.717, 1.165) is 0 Å². The number of anilines is 1. The number of carbonyl (C=O) groups is 3. The van der Waals surface area contributed by atoms with E-state index in [1.165, 1.54) is 4.90 Å². The van der Waals surface area contributed by atoms with E-state index in [2.05, 4.69) is 0 Å². The normalized spacial score (nSPS) is 34.3. The van der Waals surface area contributed by atoms with Crippen LogP contribution in [-0.2, 0) is 23.9 Å². The molecule has 6 atom stereocenters. The smallest absolute Gasteiger partial charge is 0.313 e. The molecule has 1 aromatic rings. The van der Waals surface area contributed by atoms with Crippen LogP contribution in [0.25, 0.3) is 0 Å². The van der Waals surface area contributed by atoms with Crippen LogP contribution in [0.3, 0.4) is 0 Å². The van der Waals surface area contributed by atoms with Crippen LogP contribution in [0.15, 0.2) is 48.6 Å². The van der Waals surface area contributed by atoms with E-state index in [0.29, 0.717) is 24.3 Å². The van der Waals surface area contributed by atoms with Crippen molar-refractivity contribution < 1.29 is 33.7 Å². The predicted molar refractivity (Wildman–Crippen MR) is 130 cm³/mol. The topological polar surface area (TPSA) is 106 Å². The summed E-state index contributed by atoms with van der Waals surface area (Å²) in [4.78, 5) is 44.7. The molecule has 192 valence electrons. The van der Waals surface area contributed by atoms with Gasteiger partial charge in [-0.05, 0) is 44.0 Å². The number of hydrogen-bond acceptors (Lipinski definition) is 7. The second-order valence-corrected chi connectivity index (χ2v) is 9.81. The van der Waals surface area contributed by atoms with E-state index < -0.39 is 41.1 Å². The first kappa shape index (κ1) is 24.5. The van der Waals surface area contributed by atoms with Gasteiger partial charge in [0.25, 0.3) is 5.91 Å². The lowest BCUT2D eigenvalue weighted by Crippen LogP contribution is -2.58. The number of methoxy groups -OCH3 is 1. The van der Waals surface area contributed by atoms with E-state index in [1.54, 1.807) is 49.3 Å². The molecular formula is C27H32N2O7. The Morgan fingerprint density at radius 2 is 1.86 bits per heavy atom. The molecule has 5 rings (SSSR count). The standard InChI is InChI=1S/C27H32N2O7/c1-4-26-12-5-6-15-35-25(33)21(26)20-23(31)29(17(2)16-30)22-24(32)28(14-7-13-27(20,22)36-26)18-8-10-19(34-3)11-9-18/h5,7-13,17,20-22,30H,4,6,14-16H2,1-3H3/t17-,20+,21-,22?,26+,27+/m1/s1. The van der Waals surface area contributed by atoms with Gasteiger partial charge in [0.2, 0.25) is 5.91 Å². The number of hydrogen-bond donors (Lipinski definition) is 1. The zero-order valence-electron chi connectivity index (χ0n) is 20.8. The number of aliphatic hydroxyl groups excluding tert-OH is 1. The van der Waals surface area contributed by atoms with Gasteiger partial charge in [-0.25, -0.2) is 0 Å². The molecule has 1 spiro atoms. The molecule has 0 bridgehead atoms. The lowest BCUT2D eigenvalue weighted by atomic mass is 9.73. The molecule has 1 N–H and O–H groups in total. The highest BCUT2D eigenvalue weighted by Crippen LogP contribution is 2.58. The summed E-state index contributed by atoms with van der Waals surface area (Å²) in [6, 6.07) is 5.39. The average Bonchev–Trinajstić information content (AvgIpc) is 3.24. The van der Waals surface area contributed by atoms with Gasteiger partial charge in [0.1, 0.15) is 28.9 Å². The lowest BCUT2D eigenvalue weighted by molar-refractivity contribution is -0.161. The summed E-state index contributed by atoms with van der Waals surface area (Å²) in [5.41, 5.74) is -1.82. The Hall–Kier alpha value is -3.17. The van der Waals surface area contributed by atoms with Gasteiger partial charge in [-0.2, -0.15) is 0 Å². The van der Waals surface area contributed by atoms with Gasteiger partial charge >= 0.3 is 5.97 Å². The SMILES string of the molecule is CC[C@]12C=CCCOC(=O)[C@H]1[C@H]1C(=O)N([C@H](C)CO)C3C(=O)N(c4ccc(OC)cc4)CC=C[C@@]31O2. The molecule has 0 saturated carbocycles. The average molecular weight is 497 g/mol. The molecule has 2 saturated heterocycles. The zero-order valence-corrected chi connectivity index (χ0v) is 20.8. The molecule has 0 aliphatic carbocycles. The van der Waals surface area contributed by atoms with Crippen LogP contribution in [0.5, 0.6) is 5.75 Å². The van der Waals surface area contributed by atoms with Crippen molar-refractivity contribution in [3.8, 4) is 5.75 Å². The van der Waals surface area contributed by atoms with Crippen LogP contribution in [0.1, 0.15) is 26.7 Å². The first-order chi connectivity index (χ1) is 17.3. The minimum atomic E-state index is -1.38. The molecule has 1 unspecified atom stereocenters. The number of ether oxygens (including phenoxy) is 3. The molecule has 0 radical (unpaired) electrons. The van der Waals surface area contributed by atoms with Crippen LogP contribution in [0, 0.1) is 11.8 Å². The monoisotopic (exact) mass is 496 g/mol. The van der Waals surface area contributed by atoms with Gasteiger partial charge < -0.3 is 29.1 Å². The number of likely N-dealkylation sites (tertiary alicyclic amines) is 1. The molecule has 1 aromatic carbocycles. The van der Waals surface area contributed by atoms with E-state index in [4.69, 9.17) is 14.2 Å². The molecule has 2 fully saturated rings. The summed E-state index contributed by atoms with van der Waals surface area (Å²) in [5.74, 6) is -2.42. The van der Waals surface area contributed by atoms with E-state index >= 15 is 0 Å². The second kappa shape index (κ2) is 9.05. The van der Waals surface area contributed by atoms with E-state index in [9.17, 15) is 19.5 Å². The fourth-order valence-electron chi connectivity index (χ4n) is 6.22. The highest BCUT2D eigenvalue weighted by molar-refractivity contribution is 6.05. The third-order valence-corrected chi connectivity index (χ3v) is 7.96. The Morgan fingerprint density at radius 3 is 2.53 bits per heavy atom. The van der Waals surface area contributed by atoms with Crippen LogP contribution in [-0.4, -0.2) is 77.9 Å². The van der Waals surface area contributed by atoms with Gasteiger partial charge in [0.15, 0.2) is 0 Å². The summed E-state index contributed by atoms with van der Waals surface area (Å²) in [7, 11) is 1.57. The third-order valence-electron chi connectivity index (χ3n) is 7.96. The number of rotatable bonds is 5. The Morgan fingerprint density at radius 1 is 1.11 bits per heavy atom. The second-order valence-electron chi connectivity index (χ2n) is 9.81. The number of amides is 2. The lowest BCUT2D eigenvalue weighted by Gasteiger charge is -2.40. The molecule has 9 nitrogen and oxygen atoms in total. The maximum atomic E-state index is 14.3. The van der Waals surface area contributed by atoms with Gasteiger partial charge in [0.05, 0.1) is 32.3 Å². The molecule has 9 heteroatoms. The molecule has 4 aliphatic heterocycles. The quantitative estimate of drug-likeness (QED) is 0.490. The number of benzene rings is 1. The fraction of sp³-hybridized carbons (Fsp3) is 0.519. The summed E-state index contributed by atoms with van der Waals surface area (Å²) >= 11 is 0. The van der Waals surface area contributed by atoms with Crippen molar-refractivity contribution in [1.82, 2.24) is 4.90 Å². The van der Waals surface area contributed by atoms with Crippen molar-refractivity contribution in [1.29, 1.82) is 0 Å². The van der Waals surface area contributed by atoms with Gasteiger partial charge in [-0.3, -0.25) is 14.4 Å². The molecule has 36 heavy (non-hydrogen) atoms.